The summed E-state index contributed by atoms with van der Waals surface area (Å²) in [6.07, 6.45) is 1.68. The molecule has 2 rings (SSSR count). The predicted molar refractivity (Wildman–Crippen MR) is 70.9 cm³/mol. The number of rotatable bonds is 3. The first kappa shape index (κ1) is 12.4. The van der Waals surface area contributed by atoms with Crippen molar-refractivity contribution in [3.8, 4) is 11.4 Å². The van der Waals surface area contributed by atoms with Gasteiger partial charge < -0.3 is 10.5 Å². The maximum atomic E-state index is 7.58. The van der Waals surface area contributed by atoms with E-state index in [2.05, 4.69) is 5.10 Å². The van der Waals surface area contributed by atoms with E-state index in [1.54, 1.807) is 36.2 Å². The molecule has 3 N–H and O–H groups in total. The van der Waals surface area contributed by atoms with Crippen LogP contribution in [0.25, 0.3) is 5.69 Å². The minimum absolute atomic E-state index is 0.0306. The summed E-state index contributed by atoms with van der Waals surface area (Å²) in [6, 6.07) is 5.24. The molecule has 0 atom stereocenters. The monoisotopic (exact) mass is 264 g/mol. The van der Waals surface area contributed by atoms with E-state index in [-0.39, 0.29) is 5.84 Å². The second-order valence-corrected chi connectivity index (χ2v) is 4.21. The molecule has 1 heterocycles. The summed E-state index contributed by atoms with van der Waals surface area (Å²) in [4.78, 5) is 0. The number of benzene rings is 1. The zero-order chi connectivity index (χ0) is 13.3. The van der Waals surface area contributed by atoms with Gasteiger partial charge in [0.15, 0.2) is 0 Å². The molecule has 0 unspecified atom stereocenters. The quantitative estimate of drug-likeness (QED) is 0.659. The highest BCUT2D eigenvalue weighted by Gasteiger charge is 2.11. The van der Waals surface area contributed by atoms with Crippen molar-refractivity contribution in [2.45, 2.75) is 6.92 Å². The summed E-state index contributed by atoms with van der Waals surface area (Å²) >= 11 is 5.99. The van der Waals surface area contributed by atoms with Crippen molar-refractivity contribution in [1.82, 2.24) is 9.78 Å². The fourth-order valence-corrected chi connectivity index (χ4v) is 1.75. The van der Waals surface area contributed by atoms with Crippen LogP contribution in [0.3, 0.4) is 0 Å². The smallest absolute Gasteiger partial charge is 0.124 e. The van der Waals surface area contributed by atoms with Gasteiger partial charge in [0.25, 0.3) is 0 Å². The van der Waals surface area contributed by atoms with Crippen molar-refractivity contribution in [3.05, 3.63) is 40.7 Å². The summed E-state index contributed by atoms with van der Waals surface area (Å²) in [5, 5.41) is 12.4. The molecule has 94 valence electrons. The van der Waals surface area contributed by atoms with Gasteiger partial charge >= 0.3 is 0 Å². The van der Waals surface area contributed by atoms with Gasteiger partial charge in [-0.15, -0.1) is 0 Å². The van der Waals surface area contributed by atoms with Crippen molar-refractivity contribution in [1.29, 1.82) is 5.41 Å². The third kappa shape index (κ3) is 2.17. The minimum atomic E-state index is -0.0306. The molecule has 0 bridgehead atoms. The highest BCUT2D eigenvalue weighted by atomic mass is 35.5. The largest absolute Gasteiger partial charge is 0.497 e. The lowest BCUT2D eigenvalue weighted by atomic mass is 10.1. The van der Waals surface area contributed by atoms with Crippen LogP contribution in [0.4, 0.5) is 0 Å². The van der Waals surface area contributed by atoms with E-state index in [0.29, 0.717) is 27.7 Å². The van der Waals surface area contributed by atoms with Crippen LogP contribution in [-0.2, 0) is 0 Å². The van der Waals surface area contributed by atoms with E-state index in [4.69, 9.17) is 27.5 Å². The van der Waals surface area contributed by atoms with Crippen molar-refractivity contribution in [2.75, 3.05) is 7.11 Å². The van der Waals surface area contributed by atoms with Gasteiger partial charge in [-0.25, -0.2) is 4.68 Å². The van der Waals surface area contributed by atoms with Crippen LogP contribution in [0.5, 0.6) is 5.75 Å². The van der Waals surface area contributed by atoms with Gasteiger partial charge in [0.05, 0.1) is 23.5 Å². The van der Waals surface area contributed by atoms with Crippen molar-refractivity contribution < 1.29 is 4.74 Å². The number of hydrogen-bond donors (Lipinski definition) is 2. The zero-order valence-electron chi connectivity index (χ0n) is 10.1. The first-order valence-electron chi connectivity index (χ1n) is 5.27. The molecular weight excluding hydrogens is 252 g/mol. The normalized spacial score (nSPS) is 10.4. The predicted octanol–water partition coefficient (Wildman–Crippen LogP) is 2.13. The Hall–Kier alpha value is -2.01. The first-order chi connectivity index (χ1) is 8.52. The molecular formula is C12H13ClN4O. The molecule has 2 aromatic rings. The second-order valence-electron chi connectivity index (χ2n) is 3.80. The van der Waals surface area contributed by atoms with Crippen LogP contribution in [0.15, 0.2) is 24.4 Å². The molecule has 0 aliphatic rings. The summed E-state index contributed by atoms with van der Waals surface area (Å²) in [6.45, 7) is 1.81. The topological polar surface area (TPSA) is 76.9 Å². The molecule has 1 aromatic carbocycles. The molecule has 6 heteroatoms. The lowest BCUT2D eigenvalue weighted by Crippen LogP contribution is -2.15. The van der Waals surface area contributed by atoms with Crippen molar-refractivity contribution >= 4 is 17.4 Å². The SMILES string of the molecule is COc1ccc(C(=N)N)c(-n2cc(Cl)c(C)n2)c1. The fraction of sp³-hybridized carbons (Fsp3) is 0.167. The standard InChI is InChI=1S/C12H13ClN4O/c1-7-10(13)6-17(16-7)11-5-8(18-2)3-4-9(11)12(14)15/h3-6H,1-2H3,(H3,14,15). The number of nitrogens with one attached hydrogen (secondary N) is 1. The highest BCUT2D eigenvalue weighted by molar-refractivity contribution is 6.31. The Morgan fingerprint density at radius 1 is 1.50 bits per heavy atom. The minimum Gasteiger partial charge on any atom is -0.497 e. The molecule has 0 saturated heterocycles. The highest BCUT2D eigenvalue weighted by Crippen LogP contribution is 2.23. The van der Waals surface area contributed by atoms with Crippen LogP contribution in [0.2, 0.25) is 5.02 Å². The van der Waals surface area contributed by atoms with Gasteiger partial charge in [-0.2, -0.15) is 5.10 Å². The number of methoxy groups -OCH3 is 1. The molecule has 0 spiro atoms. The number of amidine groups is 1. The Balaban J connectivity index is 2.63. The lowest BCUT2D eigenvalue weighted by molar-refractivity contribution is 0.414. The Kier molecular flexibility index (Phi) is 3.25. The summed E-state index contributed by atoms with van der Waals surface area (Å²) in [7, 11) is 1.58. The summed E-state index contributed by atoms with van der Waals surface area (Å²) in [5.41, 5.74) is 7.52. The first-order valence-corrected chi connectivity index (χ1v) is 5.65. The van der Waals surface area contributed by atoms with Crippen LogP contribution in [-0.4, -0.2) is 22.7 Å². The number of aromatic nitrogens is 2. The maximum Gasteiger partial charge on any atom is 0.124 e. The van der Waals surface area contributed by atoms with E-state index < -0.39 is 0 Å². The Bertz CT molecular complexity index is 587. The maximum absolute atomic E-state index is 7.58. The zero-order valence-corrected chi connectivity index (χ0v) is 10.8. The number of hydrogen-bond acceptors (Lipinski definition) is 3. The van der Waals surface area contributed by atoms with E-state index in [9.17, 15) is 0 Å². The molecule has 0 radical (unpaired) electrons. The lowest BCUT2D eigenvalue weighted by Gasteiger charge is -2.10. The molecule has 0 amide bonds. The average molecular weight is 265 g/mol. The van der Waals surface area contributed by atoms with Crippen molar-refractivity contribution in [2.24, 2.45) is 5.73 Å². The third-order valence-corrected chi connectivity index (χ3v) is 2.95. The average Bonchev–Trinajstić information content (AvgIpc) is 2.68. The van der Waals surface area contributed by atoms with Gasteiger partial charge in [0.2, 0.25) is 0 Å². The Labute approximate surface area is 110 Å². The van der Waals surface area contributed by atoms with Crippen LogP contribution < -0.4 is 10.5 Å². The van der Waals surface area contributed by atoms with E-state index in [1.807, 2.05) is 6.92 Å². The van der Waals surface area contributed by atoms with E-state index in [0.717, 1.165) is 0 Å². The molecule has 0 saturated carbocycles. The van der Waals surface area contributed by atoms with E-state index >= 15 is 0 Å². The number of halogens is 1. The van der Waals surface area contributed by atoms with E-state index in [1.165, 1.54) is 0 Å². The molecule has 0 aliphatic carbocycles. The van der Waals surface area contributed by atoms with Crippen LogP contribution in [0.1, 0.15) is 11.3 Å². The number of nitrogens with zero attached hydrogens (tertiary/aromatic N) is 2. The molecule has 1 aromatic heterocycles. The Morgan fingerprint density at radius 3 is 2.72 bits per heavy atom. The van der Waals surface area contributed by atoms with Gasteiger partial charge in [-0.3, -0.25) is 5.41 Å². The molecule has 5 nitrogen and oxygen atoms in total. The van der Waals surface area contributed by atoms with Gasteiger partial charge in [0, 0.05) is 17.8 Å². The van der Waals surface area contributed by atoms with Gasteiger partial charge in [0.1, 0.15) is 11.6 Å². The summed E-state index contributed by atoms with van der Waals surface area (Å²) < 4.78 is 6.76. The third-order valence-electron chi connectivity index (χ3n) is 2.58. The number of aryl methyl sites for hydroxylation is 1. The summed E-state index contributed by atoms with van der Waals surface area (Å²) in [5.74, 6) is 0.635. The second kappa shape index (κ2) is 4.70. The van der Waals surface area contributed by atoms with Crippen LogP contribution in [0, 0.1) is 12.3 Å². The fourth-order valence-electron chi connectivity index (χ4n) is 1.62. The molecule has 18 heavy (non-hydrogen) atoms. The number of ether oxygens (including phenoxy) is 1. The number of nitrogens with two attached hydrogens (primary N) is 1. The van der Waals surface area contributed by atoms with Crippen molar-refractivity contribution in [3.63, 3.8) is 0 Å². The van der Waals surface area contributed by atoms with Crippen LogP contribution >= 0.6 is 11.6 Å². The Morgan fingerprint density at radius 2 is 2.22 bits per heavy atom. The molecule has 0 fully saturated rings. The number of nitrogen functional groups attached to an aromatic ring is 1. The van der Waals surface area contributed by atoms with Gasteiger partial charge in [-0.05, 0) is 19.1 Å². The van der Waals surface area contributed by atoms with Gasteiger partial charge in [-0.1, -0.05) is 11.6 Å². The molecule has 0 aliphatic heterocycles.